The molecule has 0 fully saturated rings. The summed E-state index contributed by atoms with van der Waals surface area (Å²) in [7, 11) is -3.30. The molecule has 1 aromatic carbocycles. The highest BCUT2D eigenvalue weighted by Crippen LogP contribution is 2.57. The van der Waals surface area contributed by atoms with E-state index in [1.165, 1.54) is 19.2 Å². The summed E-state index contributed by atoms with van der Waals surface area (Å²) in [5.41, 5.74) is 0.346. The minimum absolute atomic E-state index is 0.346. The lowest BCUT2D eigenvalue weighted by molar-refractivity contribution is -0.147. The van der Waals surface area contributed by atoms with Gasteiger partial charge >= 0.3 is 19.5 Å². The van der Waals surface area contributed by atoms with E-state index in [0.717, 1.165) is 0 Å². The Labute approximate surface area is 126 Å². The number of ether oxygens (including phenoxy) is 1. The van der Waals surface area contributed by atoms with E-state index < -0.39 is 44.3 Å². The lowest BCUT2D eigenvalue weighted by Gasteiger charge is -2.24. The first-order valence-electron chi connectivity index (χ1n) is 6.31. The number of rotatable bonds is 9. The zero-order valence-corrected chi connectivity index (χ0v) is 12.7. The van der Waals surface area contributed by atoms with Gasteiger partial charge in [0.25, 0.3) is 0 Å². The van der Waals surface area contributed by atoms with Crippen molar-refractivity contribution in [1.29, 1.82) is 0 Å². The second kappa shape index (κ2) is 8.05. The van der Waals surface area contributed by atoms with Crippen LogP contribution in [0.25, 0.3) is 0 Å². The zero-order valence-electron chi connectivity index (χ0n) is 11.8. The fourth-order valence-corrected chi connectivity index (χ4v) is 3.27. The first-order valence-corrected chi connectivity index (χ1v) is 7.95. The van der Waals surface area contributed by atoms with Crippen molar-refractivity contribution in [3.63, 3.8) is 0 Å². The van der Waals surface area contributed by atoms with Gasteiger partial charge in [0.15, 0.2) is 11.9 Å². The first kappa shape index (κ1) is 18.3. The van der Waals surface area contributed by atoms with Crippen LogP contribution in [0, 0.1) is 0 Å². The van der Waals surface area contributed by atoms with E-state index in [1.54, 1.807) is 18.2 Å². The monoisotopic (exact) mass is 332 g/mol. The Hall–Kier alpha value is -1.73. The molecule has 9 heteroatoms. The molecule has 0 spiro atoms. The van der Waals surface area contributed by atoms with Crippen molar-refractivity contribution in [1.82, 2.24) is 0 Å². The van der Waals surface area contributed by atoms with Crippen molar-refractivity contribution >= 4 is 19.5 Å². The number of carboxylic acids is 2. The van der Waals surface area contributed by atoms with E-state index in [-0.39, 0.29) is 0 Å². The molecule has 122 valence electrons. The summed E-state index contributed by atoms with van der Waals surface area (Å²) in [5, 5.41) is 17.6. The van der Waals surface area contributed by atoms with E-state index >= 15 is 0 Å². The molecule has 0 heterocycles. The fraction of sp³-hybridized carbons (Fsp3) is 0.385. The molecule has 1 aromatic rings. The van der Waals surface area contributed by atoms with Gasteiger partial charge in [0.05, 0.1) is 0 Å². The molecule has 0 saturated carbocycles. The molecule has 0 bridgehead atoms. The number of hydrogen-bond acceptors (Lipinski definition) is 5. The Morgan fingerprint density at radius 1 is 1.23 bits per heavy atom. The Bertz CT molecular complexity index is 558. The third kappa shape index (κ3) is 5.23. The highest BCUT2D eigenvalue weighted by molar-refractivity contribution is 7.53. The molecule has 22 heavy (non-hydrogen) atoms. The van der Waals surface area contributed by atoms with E-state index in [0.29, 0.717) is 5.56 Å². The molecule has 1 rings (SSSR count). The van der Waals surface area contributed by atoms with Crippen LogP contribution in [0.4, 0.5) is 0 Å². The van der Waals surface area contributed by atoms with Crippen LogP contribution < -0.4 is 0 Å². The quantitative estimate of drug-likeness (QED) is 0.584. The van der Waals surface area contributed by atoms with Crippen LogP contribution in [0.1, 0.15) is 24.3 Å². The molecule has 0 saturated heterocycles. The van der Waals surface area contributed by atoms with Gasteiger partial charge in [-0.15, -0.1) is 0 Å². The van der Waals surface area contributed by atoms with Crippen LogP contribution in [0.3, 0.4) is 0 Å². The number of benzene rings is 1. The van der Waals surface area contributed by atoms with Crippen LogP contribution in [0.2, 0.25) is 0 Å². The molecule has 3 atom stereocenters. The summed E-state index contributed by atoms with van der Waals surface area (Å²) in [6.45, 7) is 0. The number of hydrogen-bond donors (Lipinski definition) is 3. The van der Waals surface area contributed by atoms with Crippen molar-refractivity contribution < 1.29 is 38.5 Å². The Morgan fingerprint density at radius 3 is 2.27 bits per heavy atom. The summed E-state index contributed by atoms with van der Waals surface area (Å²) >= 11 is 0. The van der Waals surface area contributed by atoms with Crippen LogP contribution in [0.5, 0.6) is 0 Å². The number of aliphatic carboxylic acids is 2. The van der Waals surface area contributed by atoms with Crippen LogP contribution >= 0.6 is 7.60 Å². The van der Waals surface area contributed by atoms with Gasteiger partial charge < -0.3 is 19.8 Å². The molecule has 0 aliphatic rings. The second-order valence-corrected chi connectivity index (χ2v) is 6.24. The van der Waals surface area contributed by atoms with Gasteiger partial charge in [-0.3, -0.25) is 13.9 Å². The van der Waals surface area contributed by atoms with Crippen LogP contribution in [-0.4, -0.2) is 40.3 Å². The lowest BCUT2D eigenvalue weighted by atomic mass is 10.2. The van der Waals surface area contributed by atoms with E-state index in [4.69, 9.17) is 19.5 Å². The topological polar surface area (TPSA) is 130 Å². The minimum Gasteiger partial charge on any atom is -0.481 e. The standard InChI is InChI=1S/C13H17O8P/c1-20-13(9-5-3-2-4-6-9)22(18,19)21-10(12(16)17)7-8-11(14)15/h2-6,10,13H,7-8H2,1H3,(H,14,15)(H,16,17)(H,18,19). The van der Waals surface area contributed by atoms with Gasteiger partial charge in [0.1, 0.15) is 0 Å². The van der Waals surface area contributed by atoms with E-state index in [2.05, 4.69) is 0 Å². The molecule has 0 aliphatic heterocycles. The molecule has 3 unspecified atom stereocenters. The molecule has 3 N–H and O–H groups in total. The average molecular weight is 332 g/mol. The second-order valence-electron chi connectivity index (χ2n) is 4.43. The SMILES string of the molecule is COC(c1ccccc1)P(=O)(O)OC(CCC(=O)O)C(=O)O. The van der Waals surface area contributed by atoms with Crippen LogP contribution in [-0.2, 0) is 23.4 Å². The van der Waals surface area contributed by atoms with Gasteiger partial charge in [-0.2, -0.15) is 0 Å². The van der Waals surface area contributed by atoms with E-state index in [1.807, 2.05) is 0 Å². The number of methoxy groups -OCH3 is 1. The van der Waals surface area contributed by atoms with Gasteiger partial charge in [0, 0.05) is 13.5 Å². The predicted molar refractivity (Wildman–Crippen MR) is 75.4 cm³/mol. The smallest absolute Gasteiger partial charge is 0.361 e. The highest BCUT2D eigenvalue weighted by atomic mass is 31.2. The number of carbonyl (C=O) groups is 2. The molecule has 0 radical (unpaired) electrons. The minimum atomic E-state index is -4.49. The zero-order chi connectivity index (χ0) is 16.8. The molecule has 0 amide bonds. The summed E-state index contributed by atoms with van der Waals surface area (Å²) < 4.78 is 22.0. The third-order valence-corrected chi connectivity index (χ3v) is 4.44. The summed E-state index contributed by atoms with van der Waals surface area (Å²) in [4.78, 5) is 31.6. The largest absolute Gasteiger partial charge is 0.481 e. The maximum Gasteiger partial charge on any atom is 0.361 e. The summed E-state index contributed by atoms with van der Waals surface area (Å²) in [6.07, 6.45) is -2.64. The maximum absolute atomic E-state index is 12.3. The lowest BCUT2D eigenvalue weighted by Crippen LogP contribution is -2.25. The molecule has 0 aromatic heterocycles. The summed E-state index contributed by atoms with van der Waals surface area (Å²) in [6, 6.07) is 8.02. The van der Waals surface area contributed by atoms with Gasteiger partial charge in [-0.05, 0) is 12.0 Å². The average Bonchev–Trinajstić information content (AvgIpc) is 2.44. The van der Waals surface area contributed by atoms with Crippen molar-refractivity contribution in [3.05, 3.63) is 35.9 Å². The molecule has 0 aliphatic carbocycles. The van der Waals surface area contributed by atoms with E-state index in [9.17, 15) is 19.0 Å². The van der Waals surface area contributed by atoms with Gasteiger partial charge in [0.2, 0.25) is 0 Å². The molecular formula is C13H17O8P. The number of carboxylic acid groups (broad SMARTS) is 2. The van der Waals surface area contributed by atoms with Gasteiger partial charge in [-0.1, -0.05) is 30.3 Å². The normalized spacial score (nSPS) is 16.5. The predicted octanol–water partition coefficient (Wildman–Crippen LogP) is 1.85. The van der Waals surface area contributed by atoms with Crippen molar-refractivity contribution in [2.24, 2.45) is 0 Å². The van der Waals surface area contributed by atoms with Gasteiger partial charge in [-0.25, -0.2) is 4.79 Å². The fourth-order valence-electron chi connectivity index (χ4n) is 1.79. The first-order chi connectivity index (χ1) is 10.3. The van der Waals surface area contributed by atoms with Crippen LogP contribution in [0.15, 0.2) is 30.3 Å². The van der Waals surface area contributed by atoms with Crippen molar-refractivity contribution in [3.8, 4) is 0 Å². The maximum atomic E-state index is 12.3. The Morgan fingerprint density at radius 2 is 1.82 bits per heavy atom. The summed E-state index contributed by atoms with van der Waals surface area (Å²) in [5.74, 6) is -4.10. The van der Waals surface area contributed by atoms with Crippen molar-refractivity contribution in [2.45, 2.75) is 24.8 Å². The Kier molecular flexibility index (Phi) is 6.70. The van der Waals surface area contributed by atoms with Crippen molar-refractivity contribution in [2.75, 3.05) is 7.11 Å². The molecular weight excluding hydrogens is 315 g/mol. The molecule has 8 nitrogen and oxygen atoms in total. The highest BCUT2D eigenvalue weighted by Gasteiger charge is 2.38. The third-order valence-electron chi connectivity index (χ3n) is 2.78. The Balaban J connectivity index is 2.92.